The number of carbonyl (C=O) groups is 4. The van der Waals surface area contributed by atoms with E-state index in [0.717, 1.165) is 29.1 Å². The van der Waals surface area contributed by atoms with Crippen LogP contribution in [0.25, 0.3) is 0 Å². The van der Waals surface area contributed by atoms with Gasteiger partial charge in [0, 0.05) is 35.6 Å². The van der Waals surface area contributed by atoms with Crippen LogP contribution >= 0.6 is 11.8 Å². The number of aryl methyl sites for hydroxylation is 1. The van der Waals surface area contributed by atoms with Gasteiger partial charge in [0.2, 0.25) is 11.8 Å². The molecular formula is C25H26N2O4S. The zero-order valence-electron chi connectivity index (χ0n) is 18.1. The van der Waals surface area contributed by atoms with Crippen LogP contribution in [0.15, 0.2) is 47.4 Å². The number of imide groups is 1. The van der Waals surface area contributed by atoms with Gasteiger partial charge in [-0.3, -0.25) is 19.7 Å². The molecule has 7 heteroatoms. The topological polar surface area (TPSA) is 83.6 Å². The largest absolute Gasteiger partial charge is 0.322 e. The Morgan fingerprint density at radius 3 is 2.56 bits per heavy atom. The Balaban J connectivity index is 1.40. The SMILES string of the molecule is CC(=O)CCCc1ccc(CSc2cccc3c2CN(C2CCC(=O)NC2=O)C3=O)cc1. The third-order valence-electron chi connectivity index (χ3n) is 5.95. The number of amides is 3. The number of Topliss-reactive ketones (excluding diaryl/α,β-unsaturated/α-hetero) is 1. The lowest BCUT2D eigenvalue weighted by Gasteiger charge is -2.29. The number of rotatable bonds is 8. The monoisotopic (exact) mass is 450 g/mol. The number of piperidine rings is 1. The quantitative estimate of drug-likeness (QED) is 0.490. The van der Waals surface area contributed by atoms with Crippen LogP contribution in [0.5, 0.6) is 0 Å². The third-order valence-corrected chi connectivity index (χ3v) is 7.12. The van der Waals surface area contributed by atoms with E-state index < -0.39 is 6.04 Å². The molecule has 0 radical (unpaired) electrons. The van der Waals surface area contributed by atoms with Gasteiger partial charge in [0.25, 0.3) is 5.91 Å². The summed E-state index contributed by atoms with van der Waals surface area (Å²) in [4.78, 5) is 50.4. The maximum atomic E-state index is 12.9. The summed E-state index contributed by atoms with van der Waals surface area (Å²) in [5.74, 6) is 0.183. The molecule has 0 saturated carbocycles. The van der Waals surface area contributed by atoms with Crippen LogP contribution in [-0.2, 0) is 33.1 Å². The first-order valence-corrected chi connectivity index (χ1v) is 11.9. The van der Waals surface area contributed by atoms with E-state index in [0.29, 0.717) is 24.9 Å². The Kier molecular flexibility index (Phi) is 6.74. The highest BCUT2D eigenvalue weighted by Crippen LogP contribution is 2.35. The van der Waals surface area contributed by atoms with Crippen molar-refractivity contribution in [2.24, 2.45) is 0 Å². The lowest BCUT2D eigenvalue weighted by atomic mass is 10.0. The molecule has 1 unspecified atom stereocenters. The van der Waals surface area contributed by atoms with Crippen LogP contribution in [0, 0.1) is 0 Å². The van der Waals surface area contributed by atoms with E-state index in [-0.39, 0.29) is 29.9 Å². The van der Waals surface area contributed by atoms with E-state index >= 15 is 0 Å². The number of thioether (sulfide) groups is 1. The van der Waals surface area contributed by atoms with E-state index in [9.17, 15) is 19.2 Å². The van der Waals surface area contributed by atoms with Gasteiger partial charge in [-0.15, -0.1) is 11.8 Å². The van der Waals surface area contributed by atoms with Crippen molar-refractivity contribution in [3.63, 3.8) is 0 Å². The predicted octanol–water partition coefficient (Wildman–Crippen LogP) is 3.65. The fourth-order valence-electron chi connectivity index (χ4n) is 4.20. The van der Waals surface area contributed by atoms with Gasteiger partial charge in [-0.2, -0.15) is 0 Å². The van der Waals surface area contributed by atoms with Gasteiger partial charge in [-0.1, -0.05) is 30.3 Å². The molecule has 6 nitrogen and oxygen atoms in total. The van der Waals surface area contributed by atoms with E-state index in [2.05, 4.69) is 29.6 Å². The molecule has 1 saturated heterocycles. The minimum Gasteiger partial charge on any atom is -0.322 e. The number of fused-ring (bicyclic) bond motifs is 1. The summed E-state index contributed by atoms with van der Waals surface area (Å²) < 4.78 is 0. The van der Waals surface area contributed by atoms with Crippen LogP contribution in [0.2, 0.25) is 0 Å². The highest BCUT2D eigenvalue weighted by molar-refractivity contribution is 7.98. The van der Waals surface area contributed by atoms with Gasteiger partial charge in [-0.05, 0) is 55.0 Å². The minimum absolute atomic E-state index is 0.146. The summed E-state index contributed by atoms with van der Waals surface area (Å²) in [5, 5.41) is 2.34. The zero-order chi connectivity index (χ0) is 22.7. The molecule has 2 aromatic rings. The number of hydrogen-bond acceptors (Lipinski definition) is 5. The molecule has 32 heavy (non-hydrogen) atoms. The molecule has 1 N–H and O–H groups in total. The molecule has 0 bridgehead atoms. The third kappa shape index (κ3) is 4.93. The van der Waals surface area contributed by atoms with Crippen LogP contribution in [0.1, 0.15) is 59.7 Å². The molecule has 3 amide bonds. The van der Waals surface area contributed by atoms with Crippen LogP contribution in [0.4, 0.5) is 0 Å². The first kappa shape index (κ1) is 22.3. The van der Waals surface area contributed by atoms with E-state index in [1.165, 1.54) is 11.1 Å². The van der Waals surface area contributed by atoms with E-state index in [1.54, 1.807) is 23.6 Å². The minimum atomic E-state index is -0.596. The highest BCUT2D eigenvalue weighted by atomic mass is 32.2. The smallest absolute Gasteiger partial charge is 0.255 e. The van der Waals surface area contributed by atoms with Gasteiger partial charge < -0.3 is 9.69 Å². The Morgan fingerprint density at radius 2 is 1.84 bits per heavy atom. The summed E-state index contributed by atoms with van der Waals surface area (Å²) in [6, 6.07) is 13.6. The Bertz CT molecular complexity index is 1060. The molecular weight excluding hydrogens is 424 g/mol. The van der Waals surface area contributed by atoms with Crippen LogP contribution in [0.3, 0.4) is 0 Å². The number of ketones is 1. The lowest BCUT2D eigenvalue weighted by Crippen LogP contribution is -2.52. The van der Waals surface area contributed by atoms with Crippen molar-refractivity contribution in [1.82, 2.24) is 10.2 Å². The Morgan fingerprint density at radius 1 is 1.09 bits per heavy atom. The number of hydrogen-bond donors (Lipinski definition) is 1. The maximum absolute atomic E-state index is 12.9. The van der Waals surface area contributed by atoms with Crippen molar-refractivity contribution in [2.75, 3.05) is 0 Å². The lowest BCUT2D eigenvalue weighted by molar-refractivity contribution is -0.137. The molecule has 166 valence electrons. The van der Waals surface area contributed by atoms with Crippen molar-refractivity contribution < 1.29 is 19.2 Å². The summed E-state index contributed by atoms with van der Waals surface area (Å²) in [6.07, 6.45) is 3.01. The maximum Gasteiger partial charge on any atom is 0.255 e. The normalized spacial score (nSPS) is 18.0. The second-order valence-corrected chi connectivity index (χ2v) is 9.36. The van der Waals surface area contributed by atoms with Gasteiger partial charge >= 0.3 is 0 Å². The van der Waals surface area contributed by atoms with Gasteiger partial charge in [0.15, 0.2) is 0 Å². The standard InChI is InChI=1S/C25H26N2O4S/c1-16(28)4-2-5-17-8-10-18(11-9-17)15-32-22-7-3-6-19-20(22)14-27(25(19)31)21-12-13-23(29)26-24(21)30/h3,6-11,21H,2,4-5,12-15H2,1H3,(H,26,29,30). The first-order chi connectivity index (χ1) is 15.4. The summed E-state index contributed by atoms with van der Waals surface area (Å²) in [7, 11) is 0. The van der Waals surface area contributed by atoms with Crippen molar-refractivity contribution in [1.29, 1.82) is 0 Å². The molecule has 2 aliphatic heterocycles. The molecule has 2 aromatic carbocycles. The number of benzene rings is 2. The molecule has 0 aromatic heterocycles. The molecule has 0 spiro atoms. The van der Waals surface area contributed by atoms with Crippen LogP contribution < -0.4 is 5.32 Å². The average Bonchev–Trinajstić information content (AvgIpc) is 3.10. The zero-order valence-corrected chi connectivity index (χ0v) is 18.9. The average molecular weight is 451 g/mol. The second kappa shape index (κ2) is 9.69. The predicted molar refractivity (Wildman–Crippen MR) is 122 cm³/mol. The molecule has 1 fully saturated rings. The van der Waals surface area contributed by atoms with Gasteiger partial charge in [0.05, 0.1) is 0 Å². The molecule has 0 aliphatic carbocycles. The molecule has 2 heterocycles. The molecule has 1 atom stereocenters. The number of carbonyl (C=O) groups excluding carboxylic acids is 4. The summed E-state index contributed by atoms with van der Waals surface area (Å²) in [5.41, 5.74) is 4.01. The van der Waals surface area contributed by atoms with Gasteiger partial charge in [0.1, 0.15) is 11.8 Å². The molecule has 4 rings (SSSR count). The second-order valence-electron chi connectivity index (χ2n) is 8.34. The fourth-order valence-corrected chi connectivity index (χ4v) is 5.24. The number of nitrogens with one attached hydrogen (secondary N) is 1. The fraction of sp³-hybridized carbons (Fsp3) is 0.360. The first-order valence-electron chi connectivity index (χ1n) is 10.9. The summed E-state index contributed by atoms with van der Waals surface area (Å²) in [6.45, 7) is 2.01. The van der Waals surface area contributed by atoms with Crippen molar-refractivity contribution in [3.8, 4) is 0 Å². The van der Waals surface area contributed by atoms with Crippen LogP contribution in [-0.4, -0.2) is 34.4 Å². The van der Waals surface area contributed by atoms with Crippen molar-refractivity contribution in [2.45, 2.75) is 62.3 Å². The summed E-state index contributed by atoms with van der Waals surface area (Å²) >= 11 is 1.68. The molecule has 2 aliphatic rings. The number of nitrogens with zero attached hydrogens (tertiary/aromatic N) is 1. The van der Waals surface area contributed by atoms with E-state index in [1.807, 2.05) is 18.2 Å². The highest BCUT2D eigenvalue weighted by Gasteiger charge is 2.39. The Labute approximate surface area is 191 Å². The van der Waals surface area contributed by atoms with Gasteiger partial charge in [-0.25, -0.2) is 0 Å². The Hall–Kier alpha value is -2.93. The van der Waals surface area contributed by atoms with Crippen molar-refractivity contribution in [3.05, 3.63) is 64.7 Å². The van der Waals surface area contributed by atoms with E-state index in [4.69, 9.17) is 0 Å². The van der Waals surface area contributed by atoms with Crippen molar-refractivity contribution >= 4 is 35.3 Å².